The second-order valence-corrected chi connectivity index (χ2v) is 7.33. The summed E-state index contributed by atoms with van der Waals surface area (Å²) in [6.07, 6.45) is 8.89. The van der Waals surface area contributed by atoms with Gasteiger partial charge in [-0.3, -0.25) is 0 Å². The molecule has 4 rings (SSSR count). The number of hydrogen-bond donors (Lipinski definition) is 2. The van der Waals surface area contributed by atoms with E-state index in [0.29, 0.717) is 5.58 Å². The van der Waals surface area contributed by atoms with Crippen molar-refractivity contribution >= 4 is 11.0 Å². The quantitative estimate of drug-likeness (QED) is 0.657. The second kappa shape index (κ2) is 6.60. The Morgan fingerprint density at radius 3 is 2.46 bits per heavy atom. The molecular formula is C20H26NO3+. The number of likely N-dealkylation sites (tertiary alicyclic amines) is 1. The summed E-state index contributed by atoms with van der Waals surface area (Å²) in [5.41, 5.74) is 3.27. The molecule has 2 aliphatic rings. The Kier molecular flexibility index (Phi) is 4.31. The number of benzene rings is 1. The lowest BCUT2D eigenvalue weighted by molar-refractivity contribution is -0.918. The van der Waals surface area contributed by atoms with Crippen molar-refractivity contribution in [1.29, 1.82) is 0 Å². The topological polar surface area (TPSA) is 54.9 Å². The molecule has 4 nitrogen and oxygen atoms in total. The first-order valence-electron chi connectivity index (χ1n) is 9.37. The highest BCUT2D eigenvalue weighted by molar-refractivity contribution is 5.86. The standard InChI is InChI=1S/C20H25NO3/c22-18-10-9-15-14-7-3-1-4-8-16(14)20(23)24-19(15)17(18)13-21-11-5-2-6-12-21/h9-10,22H,1-8,11-13H2/p+1. The van der Waals surface area contributed by atoms with E-state index in [9.17, 15) is 9.90 Å². The molecule has 1 aliphatic heterocycles. The Morgan fingerprint density at radius 1 is 0.958 bits per heavy atom. The van der Waals surface area contributed by atoms with Crippen molar-refractivity contribution in [2.24, 2.45) is 0 Å². The van der Waals surface area contributed by atoms with Crippen LogP contribution < -0.4 is 10.5 Å². The molecule has 0 atom stereocenters. The van der Waals surface area contributed by atoms with E-state index in [1.54, 1.807) is 6.07 Å². The van der Waals surface area contributed by atoms with E-state index in [1.165, 1.54) is 30.6 Å². The van der Waals surface area contributed by atoms with Crippen molar-refractivity contribution in [3.8, 4) is 5.75 Å². The van der Waals surface area contributed by atoms with Gasteiger partial charge in [-0.05, 0) is 62.6 Å². The lowest BCUT2D eigenvalue weighted by Crippen LogP contribution is -3.11. The molecule has 2 aromatic rings. The molecule has 0 amide bonds. The number of phenolic OH excluding ortho intramolecular Hbond substituents is 1. The van der Waals surface area contributed by atoms with Crippen molar-refractivity contribution in [2.45, 2.75) is 57.9 Å². The SMILES string of the molecule is O=c1oc2c(C[NH+]3CCCCC3)c(O)ccc2c2c1CCCCC2. The first-order valence-corrected chi connectivity index (χ1v) is 9.37. The third kappa shape index (κ3) is 2.84. The minimum atomic E-state index is -0.195. The van der Waals surface area contributed by atoms with Gasteiger partial charge >= 0.3 is 5.63 Å². The molecule has 128 valence electrons. The largest absolute Gasteiger partial charge is 0.507 e. The molecule has 24 heavy (non-hydrogen) atoms. The number of hydrogen-bond acceptors (Lipinski definition) is 3. The van der Waals surface area contributed by atoms with Gasteiger partial charge in [0.05, 0.1) is 18.7 Å². The Bertz CT molecular complexity index is 803. The van der Waals surface area contributed by atoms with E-state index >= 15 is 0 Å². The molecule has 1 saturated heterocycles. The molecule has 0 radical (unpaired) electrons. The summed E-state index contributed by atoms with van der Waals surface area (Å²) in [5, 5.41) is 11.5. The highest BCUT2D eigenvalue weighted by Crippen LogP contribution is 2.31. The van der Waals surface area contributed by atoms with E-state index in [0.717, 1.165) is 67.4 Å². The number of fused-ring (bicyclic) bond motifs is 3. The van der Waals surface area contributed by atoms with Crippen LogP contribution in [0.1, 0.15) is 55.2 Å². The lowest BCUT2D eigenvalue weighted by Gasteiger charge is -2.24. The highest BCUT2D eigenvalue weighted by atomic mass is 16.4. The van der Waals surface area contributed by atoms with Crippen molar-refractivity contribution < 1.29 is 14.4 Å². The second-order valence-electron chi connectivity index (χ2n) is 7.33. The number of rotatable bonds is 2. The monoisotopic (exact) mass is 328 g/mol. The van der Waals surface area contributed by atoms with Crippen LogP contribution in [-0.2, 0) is 19.4 Å². The van der Waals surface area contributed by atoms with Gasteiger partial charge in [0.2, 0.25) is 0 Å². The van der Waals surface area contributed by atoms with E-state index in [-0.39, 0.29) is 11.4 Å². The summed E-state index contributed by atoms with van der Waals surface area (Å²) in [6, 6.07) is 3.72. The summed E-state index contributed by atoms with van der Waals surface area (Å²) in [4.78, 5) is 14.0. The first-order chi connectivity index (χ1) is 11.7. The molecule has 4 heteroatoms. The van der Waals surface area contributed by atoms with Crippen molar-refractivity contribution in [3.05, 3.63) is 39.2 Å². The number of piperidine rings is 1. The van der Waals surface area contributed by atoms with Gasteiger partial charge in [-0.2, -0.15) is 0 Å². The fraction of sp³-hybridized carbons (Fsp3) is 0.550. The fourth-order valence-corrected chi connectivity index (χ4v) is 4.38. The van der Waals surface area contributed by atoms with Crippen LogP contribution in [0.4, 0.5) is 0 Å². The van der Waals surface area contributed by atoms with Crippen molar-refractivity contribution in [2.75, 3.05) is 13.1 Å². The maximum Gasteiger partial charge on any atom is 0.339 e. The van der Waals surface area contributed by atoms with Crippen molar-refractivity contribution in [3.63, 3.8) is 0 Å². The maximum absolute atomic E-state index is 12.5. The number of nitrogens with one attached hydrogen (secondary N) is 1. The Morgan fingerprint density at radius 2 is 1.67 bits per heavy atom. The minimum absolute atomic E-state index is 0.195. The smallest absolute Gasteiger partial charge is 0.339 e. The molecule has 1 aromatic heterocycles. The van der Waals surface area contributed by atoms with Crippen LogP contribution in [0.3, 0.4) is 0 Å². The molecule has 1 aliphatic carbocycles. The average Bonchev–Trinajstić information content (AvgIpc) is 2.85. The van der Waals surface area contributed by atoms with Gasteiger partial charge < -0.3 is 14.4 Å². The molecule has 0 spiro atoms. The van der Waals surface area contributed by atoms with Gasteiger partial charge in [0.1, 0.15) is 12.3 Å². The van der Waals surface area contributed by atoms with Gasteiger partial charge in [0.25, 0.3) is 0 Å². The van der Waals surface area contributed by atoms with E-state index in [1.807, 2.05) is 6.07 Å². The summed E-state index contributed by atoms with van der Waals surface area (Å²) in [5.74, 6) is 0.261. The molecule has 1 aromatic carbocycles. The number of phenols is 1. The zero-order valence-corrected chi connectivity index (χ0v) is 14.2. The van der Waals surface area contributed by atoms with Crippen LogP contribution >= 0.6 is 0 Å². The fourth-order valence-electron chi connectivity index (χ4n) is 4.38. The molecule has 2 heterocycles. The van der Waals surface area contributed by atoms with Crippen LogP contribution in [0.15, 0.2) is 21.3 Å². The summed E-state index contributed by atoms with van der Waals surface area (Å²) in [6.45, 7) is 3.00. The molecule has 1 fully saturated rings. The van der Waals surface area contributed by atoms with Gasteiger partial charge in [-0.1, -0.05) is 6.42 Å². The number of quaternary nitrogens is 1. The van der Waals surface area contributed by atoms with E-state index in [4.69, 9.17) is 4.42 Å². The van der Waals surface area contributed by atoms with Gasteiger partial charge in [-0.15, -0.1) is 0 Å². The predicted molar refractivity (Wildman–Crippen MR) is 93.7 cm³/mol. The molecule has 0 bridgehead atoms. The van der Waals surface area contributed by atoms with Crippen LogP contribution in [0, 0.1) is 0 Å². The zero-order valence-electron chi connectivity index (χ0n) is 14.2. The van der Waals surface area contributed by atoms with E-state index in [2.05, 4.69) is 0 Å². The van der Waals surface area contributed by atoms with Crippen LogP contribution in [0.25, 0.3) is 11.0 Å². The Balaban J connectivity index is 1.84. The maximum atomic E-state index is 12.5. The average molecular weight is 328 g/mol. The third-order valence-electron chi connectivity index (χ3n) is 5.71. The highest BCUT2D eigenvalue weighted by Gasteiger charge is 2.23. The summed E-state index contributed by atoms with van der Waals surface area (Å²) < 4.78 is 5.74. The summed E-state index contributed by atoms with van der Waals surface area (Å²) in [7, 11) is 0. The van der Waals surface area contributed by atoms with Crippen LogP contribution in [0.2, 0.25) is 0 Å². The number of aryl methyl sites for hydroxylation is 1. The molecule has 0 saturated carbocycles. The van der Waals surface area contributed by atoms with E-state index < -0.39 is 0 Å². The van der Waals surface area contributed by atoms with Crippen LogP contribution in [-0.4, -0.2) is 18.2 Å². The van der Waals surface area contributed by atoms with Crippen molar-refractivity contribution in [1.82, 2.24) is 0 Å². The minimum Gasteiger partial charge on any atom is -0.507 e. The van der Waals surface area contributed by atoms with Gasteiger partial charge in [0.15, 0.2) is 5.58 Å². The lowest BCUT2D eigenvalue weighted by atomic mass is 9.98. The van der Waals surface area contributed by atoms with Gasteiger partial charge in [0, 0.05) is 10.9 Å². The predicted octanol–water partition coefficient (Wildman–Crippen LogP) is 2.34. The Hall–Kier alpha value is -1.81. The normalized spacial score (nSPS) is 19.2. The zero-order chi connectivity index (χ0) is 16.5. The number of aromatic hydroxyl groups is 1. The molecular weight excluding hydrogens is 302 g/mol. The third-order valence-corrected chi connectivity index (χ3v) is 5.71. The molecule has 0 unspecified atom stereocenters. The summed E-state index contributed by atoms with van der Waals surface area (Å²) >= 11 is 0. The molecule has 2 N–H and O–H groups in total. The van der Waals surface area contributed by atoms with Crippen LogP contribution in [0.5, 0.6) is 5.75 Å². The first kappa shape index (κ1) is 15.7. The Labute approximate surface area is 142 Å². The van der Waals surface area contributed by atoms with Gasteiger partial charge in [-0.25, -0.2) is 4.79 Å².